The topological polar surface area (TPSA) is 20.3 Å². The minimum Gasteiger partial charge on any atom is -0.316 e. The van der Waals surface area contributed by atoms with E-state index in [1.54, 1.807) is 0 Å². The molecule has 14 heavy (non-hydrogen) atoms. The molecule has 0 aromatic carbocycles. The first kappa shape index (κ1) is 10.1. The van der Waals surface area contributed by atoms with E-state index in [2.05, 4.69) is 18.7 Å². The molecule has 1 saturated heterocycles. The van der Waals surface area contributed by atoms with Gasteiger partial charge in [0.25, 0.3) is 0 Å². The summed E-state index contributed by atoms with van der Waals surface area (Å²) in [6.45, 7) is 4.86. The van der Waals surface area contributed by atoms with Crippen LogP contribution in [0.4, 0.5) is 0 Å². The van der Waals surface area contributed by atoms with Gasteiger partial charge in [-0.3, -0.25) is 4.79 Å². The average molecular weight is 211 g/mol. The zero-order valence-electron chi connectivity index (χ0n) is 8.79. The van der Waals surface area contributed by atoms with Gasteiger partial charge < -0.3 is 4.90 Å². The average Bonchev–Trinajstić information content (AvgIpc) is 2.15. The molecule has 0 aliphatic carbocycles. The van der Waals surface area contributed by atoms with Crippen LogP contribution >= 0.6 is 12.6 Å². The number of amides is 1. The number of thiol groups is 1. The van der Waals surface area contributed by atoms with Crippen LogP contribution in [-0.2, 0) is 4.79 Å². The molecule has 2 heterocycles. The number of piperidine rings is 1. The Morgan fingerprint density at radius 3 is 2.93 bits per heavy atom. The third-order valence-corrected chi connectivity index (χ3v) is 4.09. The molecule has 1 atom stereocenters. The summed E-state index contributed by atoms with van der Waals surface area (Å²) >= 11 is 4.49. The van der Waals surface area contributed by atoms with E-state index in [0.717, 1.165) is 19.4 Å². The first-order valence-corrected chi connectivity index (χ1v) is 5.76. The Labute approximate surface area is 90.8 Å². The maximum Gasteiger partial charge on any atom is 0.233 e. The van der Waals surface area contributed by atoms with Crippen LogP contribution in [0.3, 0.4) is 0 Å². The number of carbonyl (C=O) groups is 1. The van der Waals surface area contributed by atoms with Gasteiger partial charge in [0.05, 0.1) is 5.41 Å². The van der Waals surface area contributed by atoms with Crippen molar-refractivity contribution < 1.29 is 4.79 Å². The van der Waals surface area contributed by atoms with Gasteiger partial charge in [0.2, 0.25) is 5.91 Å². The second-order valence-electron chi connectivity index (χ2n) is 4.74. The first-order chi connectivity index (χ1) is 6.53. The van der Waals surface area contributed by atoms with Crippen LogP contribution < -0.4 is 0 Å². The Bertz CT molecular complexity index is 296. The van der Waals surface area contributed by atoms with Crippen LogP contribution in [0, 0.1) is 5.41 Å². The molecular weight excluding hydrogens is 194 g/mol. The van der Waals surface area contributed by atoms with Crippen molar-refractivity contribution in [2.75, 3.05) is 6.54 Å². The number of carbonyl (C=O) groups excluding carboxylic acids is 1. The first-order valence-electron chi connectivity index (χ1n) is 5.24. The van der Waals surface area contributed by atoms with Crippen molar-refractivity contribution in [3.63, 3.8) is 0 Å². The highest BCUT2D eigenvalue weighted by Crippen LogP contribution is 2.38. The maximum absolute atomic E-state index is 12.1. The molecule has 2 nitrogen and oxygen atoms in total. The largest absolute Gasteiger partial charge is 0.316 e. The van der Waals surface area contributed by atoms with Gasteiger partial charge in [-0.05, 0) is 33.1 Å². The van der Waals surface area contributed by atoms with E-state index in [4.69, 9.17) is 0 Å². The van der Waals surface area contributed by atoms with Gasteiger partial charge in [-0.15, -0.1) is 0 Å². The number of fused-ring (bicyclic) bond motifs is 1. The molecule has 1 unspecified atom stereocenters. The number of allylic oxidation sites excluding steroid dienone is 1. The summed E-state index contributed by atoms with van der Waals surface area (Å²) in [5.74, 6) is 0.245. The molecule has 78 valence electrons. The molecule has 0 aromatic rings. The van der Waals surface area contributed by atoms with Gasteiger partial charge in [0.15, 0.2) is 0 Å². The van der Waals surface area contributed by atoms with Crippen molar-refractivity contribution in [3.05, 3.63) is 11.8 Å². The molecule has 2 rings (SSSR count). The van der Waals surface area contributed by atoms with E-state index in [9.17, 15) is 4.79 Å². The lowest BCUT2D eigenvalue weighted by atomic mass is 9.82. The van der Waals surface area contributed by atoms with Crippen LogP contribution in [-0.4, -0.2) is 22.6 Å². The monoisotopic (exact) mass is 211 g/mol. The summed E-state index contributed by atoms with van der Waals surface area (Å²) < 4.78 is 0. The zero-order valence-corrected chi connectivity index (χ0v) is 9.68. The van der Waals surface area contributed by atoms with E-state index < -0.39 is 0 Å². The fourth-order valence-corrected chi connectivity index (χ4v) is 2.41. The zero-order chi connectivity index (χ0) is 10.3. The van der Waals surface area contributed by atoms with E-state index in [1.165, 1.54) is 12.1 Å². The van der Waals surface area contributed by atoms with Crippen molar-refractivity contribution in [2.45, 2.75) is 38.4 Å². The predicted molar refractivity (Wildman–Crippen MR) is 60.2 cm³/mol. The lowest BCUT2D eigenvalue weighted by Gasteiger charge is -2.42. The summed E-state index contributed by atoms with van der Waals surface area (Å²) in [6, 6.07) is 0. The van der Waals surface area contributed by atoms with Crippen LogP contribution in [0.2, 0.25) is 0 Å². The summed E-state index contributed by atoms with van der Waals surface area (Å²) in [5, 5.41) is 0.0688. The van der Waals surface area contributed by atoms with E-state index >= 15 is 0 Å². The van der Waals surface area contributed by atoms with Crippen molar-refractivity contribution >= 4 is 18.5 Å². The van der Waals surface area contributed by atoms with Crippen LogP contribution in [0.15, 0.2) is 11.8 Å². The fraction of sp³-hybridized carbons (Fsp3) is 0.727. The van der Waals surface area contributed by atoms with Gasteiger partial charge >= 0.3 is 0 Å². The molecule has 3 heteroatoms. The Kier molecular flexibility index (Phi) is 2.38. The SMILES string of the molecule is CC1(C)C(=O)N2CCCCC2=CC1S. The highest BCUT2D eigenvalue weighted by atomic mass is 32.1. The highest BCUT2D eigenvalue weighted by molar-refractivity contribution is 7.81. The number of nitrogens with zero attached hydrogens (tertiary/aromatic N) is 1. The molecule has 2 aliphatic heterocycles. The molecule has 2 aliphatic rings. The standard InChI is InChI=1S/C11H17NOS/c1-11(2)9(14)7-8-5-3-4-6-12(8)10(11)13/h7,9,14H,3-6H2,1-2H3. The Morgan fingerprint density at radius 1 is 1.50 bits per heavy atom. The van der Waals surface area contributed by atoms with Crippen molar-refractivity contribution in [2.24, 2.45) is 5.41 Å². The van der Waals surface area contributed by atoms with Crippen molar-refractivity contribution in [1.29, 1.82) is 0 Å². The summed E-state index contributed by atoms with van der Waals surface area (Å²) in [7, 11) is 0. The lowest BCUT2D eigenvalue weighted by Crippen LogP contribution is -2.49. The molecule has 0 aromatic heterocycles. The van der Waals surface area contributed by atoms with Crippen LogP contribution in [0.1, 0.15) is 33.1 Å². The summed E-state index contributed by atoms with van der Waals surface area (Å²) in [4.78, 5) is 14.1. The quantitative estimate of drug-likeness (QED) is 0.609. The Hall–Kier alpha value is -0.440. The summed E-state index contributed by atoms with van der Waals surface area (Å²) in [6.07, 6.45) is 5.54. The molecule has 1 amide bonds. The predicted octanol–water partition coefficient (Wildman–Crippen LogP) is 2.22. The number of rotatable bonds is 0. The third-order valence-electron chi connectivity index (χ3n) is 3.30. The lowest BCUT2D eigenvalue weighted by molar-refractivity contribution is -0.139. The van der Waals surface area contributed by atoms with Gasteiger partial charge in [0, 0.05) is 17.5 Å². The number of hydrogen-bond acceptors (Lipinski definition) is 2. The normalized spacial score (nSPS) is 31.1. The number of hydrogen-bond donors (Lipinski definition) is 1. The molecule has 0 N–H and O–H groups in total. The van der Waals surface area contributed by atoms with Crippen LogP contribution in [0.5, 0.6) is 0 Å². The Balaban J connectivity index is 2.35. The molecule has 0 radical (unpaired) electrons. The van der Waals surface area contributed by atoms with Gasteiger partial charge in [-0.2, -0.15) is 12.6 Å². The van der Waals surface area contributed by atoms with Gasteiger partial charge in [-0.1, -0.05) is 6.08 Å². The van der Waals surface area contributed by atoms with E-state index in [1.807, 2.05) is 18.7 Å². The molecular formula is C11H17NOS. The molecule has 0 spiro atoms. The Morgan fingerprint density at radius 2 is 2.21 bits per heavy atom. The minimum absolute atomic E-state index is 0.0688. The highest BCUT2D eigenvalue weighted by Gasteiger charge is 2.42. The third kappa shape index (κ3) is 1.38. The minimum atomic E-state index is -0.343. The second-order valence-corrected chi connectivity index (χ2v) is 5.29. The van der Waals surface area contributed by atoms with E-state index in [-0.39, 0.29) is 16.6 Å². The van der Waals surface area contributed by atoms with Gasteiger partial charge in [0.1, 0.15) is 0 Å². The second kappa shape index (κ2) is 3.30. The van der Waals surface area contributed by atoms with E-state index in [0.29, 0.717) is 0 Å². The molecule has 0 bridgehead atoms. The smallest absolute Gasteiger partial charge is 0.233 e. The fourth-order valence-electron chi connectivity index (χ4n) is 2.12. The van der Waals surface area contributed by atoms with Crippen molar-refractivity contribution in [1.82, 2.24) is 4.90 Å². The molecule has 1 fully saturated rings. The van der Waals surface area contributed by atoms with Crippen molar-refractivity contribution in [3.8, 4) is 0 Å². The maximum atomic E-state index is 12.1. The van der Waals surface area contributed by atoms with Gasteiger partial charge in [-0.25, -0.2) is 0 Å². The van der Waals surface area contributed by atoms with Crippen LogP contribution in [0.25, 0.3) is 0 Å². The summed E-state index contributed by atoms with van der Waals surface area (Å²) in [5.41, 5.74) is 0.852. The molecule has 0 saturated carbocycles.